The summed E-state index contributed by atoms with van der Waals surface area (Å²) in [6.07, 6.45) is 0. The van der Waals surface area contributed by atoms with Gasteiger partial charge in [0.1, 0.15) is 22.3 Å². The average molecular weight is 718 g/mol. The monoisotopic (exact) mass is 717 g/mol. The van der Waals surface area contributed by atoms with Crippen molar-refractivity contribution in [2.75, 3.05) is 0 Å². The summed E-state index contributed by atoms with van der Waals surface area (Å²) in [7, 11) is 0. The molecule has 0 unspecified atom stereocenters. The molecular weight excluding hydrogens is 687 g/mol. The lowest BCUT2D eigenvalue weighted by atomic mass is 9.92. The van der Waals surface area contributed by atoms with Crippen LogP contribution in [0.15, 0.2) is 197 Å². The second-order valence-electron chi connectivity index (χ2n) is 13.9. The standard InChI is InChI=1S/C51H31N3O2/c1-3-14-32(15-4-1)34-18-11-19-36(30-34)44-31-35(33-16-5-2-6-17-33)28-29-41(44)49-52-50(42-24-12-22-39-37-20-7-9-26-45(37)55-47(39)42)54-51(53-49)43-25-13-23-40-38-21-8-10-27-46(38)56-48(40)43/h1-31H. The Morgan fingerprint density at radius 2 is 0.696 bits per heavy atom. The van der Waals surface area contributed by atoms with Crippen molar-refractivity contribution in [2.24, 2.45) is 0 Å². The van der Waals surface area contributed by atoms with Gasteiger partial charge < -0.3 is 8.83 Å². The van der Waals surface area contributed by atoms with Gasteiger partial charge in [0.05, 0.1) is 11.1 Å². The van der Waals surface area contributed by atoms with Crippen LogP contribution >= 0.6 is 0 Å². The Bertz CT molecular complexity index is 3120. The number of fused-ring (bicyclic) bond motifs is 6. The average Bonchev–Trinajstić information content (AvgIpc) is 3.86. The van der Waals surface area contributed by atoms with Gasteiger partial charge in [0.15, 0.2) is 17.5 Å². The van der Waals surface area contributed by atoms with Crippen LogP contribution in [0.3, 0.4) is 0 Å². The highest BCUT2D eigenvalue weighted by Crippen LogP contribution is 2.41. The van der Waals surface area contributed by atoms with E-state index in [-0.39, 0.29) is 0 Å². The Morgan fingerprint density at radius 1 is 0.268 bits per heavy atom. The molecule has 0 spiro atoms. The lowest BCUT2D eigenvalue weighted by Gasteiger charge is -2.15. The second-order valence-corrected chi connectivity index (χ2v) is 13.9. The van der Waals surface area contributed by atoms with Gasteiger partial charge >= 0.3 is 0 Å². The summed E-state index contributed by atoms with van der Waals surface area (Å²) in [5, 5.41) is 4.10. The predicted octanol–water partition coefficient (Wildman–Crippen LogP) is 13.7. The summed E-state index contributed by atoms with van der Waals surface area (Å²) in [4.78, 5) is 15.8. The minimum Gasteiger partial charge on any atom is -0.455 e. The minimum atomic E-state index is 0.513. The van der Waals surface area contributed by atoms with Gasteiger partial charge in [-0.15, -0.1) is 0 Å². The molecule has 262 valence electrons. The molecule has 8 aromatic carbocycles. The molecule has 11 aromatic rings. The van der Waals surface area contributed by atoms with Gasteiger partial charge in [-0.25, -0.2) is 15.0 Å². The zero-order valence-electron chi connectivity index (χ0n) is 30.1. The van der Waals surface area contributed by atoms with E-state index in [0.717, 1.165) is 93.9 Å². The van der Waals surface area contributed by atoms with Crippen LogP contribution in [-0.2, 0) is 0 Å². The van der Waals surface area contributed by atoms with Crippen molar-refractivity contribution < 1.29 is 8.83 Å². The third-order valence-corrected chi connectivity index (χ3v) is 10.6. The van der Waals surface area contributed by atoms with Crippen molar-refractivity contribution in [2.45, 2.75) is 0 Å². The molecule has 0 amide bonds. The van der Waals surface area contributed by atoms with E-state index in [2.05, 4.69) is 115 Å². The Hall–Kier alpha value is -7.63. The van der Waals surface area contributed by atoms with E-state index in [0.29, 0.717) is 17.5 Å². The van der Waals surface area contributed by atoms with E-state index in [1.807, 2.05) is 72.8 Å². The summed E-state index contributed by atoms with van der Waals surface area (Å²) in [6, 6.07) is 64.7. The Kier molecular flexibility index (Phi) is 7.42. The maximum absolute atomic E-state index is 6.53. The molecule has 0 N–H and O–H groups in total. The highest BCUT2D eigenvalue weighted by molar-refractivity contribution is 6.10. The minimum absolute atomic E-state index is 0.513. The molecule has 0 saturated heterocycles. The number of para-hydroxylation sites is 4. The van der Waals surface area contributed by atoms with Gasteiger partial charge in [-0.3, -0.25) is 0 Å². The summed E-state index contributed by atoms with van der Waals surface area (Å²) in [6.45, 7) is 0. The van der Waals surface area contributed by atoms with Crippen molar-refractivity contribution >= 4 is 43.9 Å². The van der Waals surface area contributed by atoms with Crippen LogP contribution in [0.4, 0.5) is 0 Å². The molecule has 0 aliphatic heterocycles. The quantitative estimate of drug-likeness (QED) is 0.171. The van der Waals surface area contributed by atoms with Crippen molar-refractivity contribution in [3.05, 3.63) is 188 Å². The molecule has 0 bridgehead atoms. The van der Waals surface area contributed by atoms with E-state index in [4.69, 9.17) is 23.8 Å². The largest absolute Gasteiger partial charge is 0.455 e. The van der Waals surface area contributed by atoms with Crippen molar-refractivity contribution in [1.82, 2.24) is 15.0 Å². The first-order valence-corrected chi connectivity index (χ1v) is 18.7. The first-order chi connectivity index (χ1) is 27.7. The van der Waals surface area contributed by atoms with E-state index in [9.17, 15) is 0 Å². The number of furan rings is 2. The smallest absolute Gasteiger partial charge is 0.167 e. The molecular formula is C51H31N3O2. The Morgan fingerprint density at radius 3 is 1.27 bits per heavy atom. The Labute approximate surface area is 322 Å². The number of hydrogen-bond acceptors (Lipinski definition) is 5. The summed E-state index contributed by atoms with van der Waals surface area (Å²) < 4.78 is 13.1. The highest BCUT2D eigenvalue weighted by Gasteiger charge is 2.22. The van der Waals surface area contributed by atoms with Crippen molar-refractivity contribution in [3.63, 3.8) is 0 Å². The van der Waals surface area contributed by atoms with Crippen molar-refractivity contribution in [3.8, 4) is 67.5 Å². The van der Waals surface area contributed by atoms with Crippen LogP contribution in [0.5, 0.6) is 0 Å². The summed E-state index contributed by atoms with van der Waals surface area (Å²) >= 11 is 0. The van der Waals surface area contributed by atoms with Crippen LogP contribution in [0.2, 0.25) is 0 Å². The topological polar surface area (TPSA) is 65.0 Å². The molecule has 3 aromatic heterocycles. The fourth-order valence-electron chi connectivity index (χ4n) is 7.87. The lowest BCUT2D eigenvalue weighted by molar-refractivity contribution is 0.669. The van der Waals surface area contributed by atoms with E-state index in [1.54, 1.807) is 0 Å². The molecule has 0 aliphatic rings. The normalized spacial score (nSPS) is 11.6. The van der Waals surface area contributed by atoms with Crippen LogP contribution in [0.1, 0.15) is 0 Å². The fraction of sp³-hybridized carbons (Fsp3) is 0. The molecule has 0 atom stereocenters. The van der Waals surface area contributed by atoms with Crippen molar-refractivity contribution in [1.29, 1.82) is 0 Å². The molecule has 11 rings (SSSR count). The molecule has 0 radical (unpaired) electrons. The van der Waals surface area contributed by atoms with Gasteiger partial charge in [0.25, 0.3) is 0 Å². The SMILES string of the molecule is c1ccc(-c2cccc(-c3cc(-c4ccccc4)ccc3-c3nc(-c4cccc5c4oc4ccccc45)nc(-c4cccc5c4oc4ccccc45)n3)c2)cc1. The molecule has 5 nitrogen and oxygen atoms in total. The molecule has 0 saturated carbocycles. The van der Waals surface area contributed by atoms with Gasteiger partial charge in [0.2, 0.25) is 0 Å². The van der Waals surface area contributed by atoms with Crippen LogP contribution in [0.25, 0.3) is 111 Å². The predicted molar refractivity (Wildman–Crippen MR) is 227 cm³/mol. The van der Waals surface area contributed by atoms with Crippen LogP contribution < -0.4 is 0 Å². The lowest BCUT2D eigenvalue weighted by Crippen LogP contribution is -2.02. The molecule has 0 aliphatic carbocycles. The number of rotatable bonds is 6. The van der Waals surface area contributed by atoms with Gasteiger partial charge in [-0.05, 0) is 75.8 Å². The third-order valence-electron chi connectivity index (χ3n) is 10.6. The zero-order valence-corrected chi connectivity index (χ0v) is 30.1. The maximum Gasteiger partial charge on any atom is 0.167 e. The fourth-order valence-corrected chi connectivity index (χ4v) is 7.87. The van der Waals surface area contributed by atoms with E-state index < -0.39 is 0 Å². The number of nitrogens with zero attached hydrogens (tertiary/aromatic N) is 3. The van der Waals surface area contributed by atoms with E-state index in [1.165, 1.54) is 0 Å². The summed E-state index contributed by atoms with van der Waals surface area (Å²) in [5.74, 6) is 1.57. The first-order valence-electron chi connectivity index (χ1n) is 18.7. The van der Waals surface area contributed by atoms with Gasteiger partial charge in [-0.1, -0.05) is 146 Å². The Balaban J connectivity index is 1.19. The zero-order chi connectivity index (χ0) is 37.0. The second kappa shape index (κ2) is 13.0. The van der Waals surface area contributed by atoms with Gasteiger partial charge in [0, 0.05) is 27.1 Å². The first kappa shape index (κ1) is 31.9. The molecule has 0 fully saturated rings. The van der Waals surface area contributed by atoms with Crippen LogP contribution in [-0.4, -0.2) is 15.0 Å². The summed E-state index contributed by atoms with van der Waals surface area (Å²) in [5.41, 5.74) is 12.1. The number of aromatic nitrogens is 3. The van der Waals surface area contributed by atoms with Gasteiger partial charge in [-0.2, -0.15) is 0 Å². The molecule has 56 heavy (non-hydrogen) atoms. The van der Waals surface area contributed by atoms with Crippen LogP contribution in [0, 0.1) is 0 Å². The van der Waals surface area contributed by atoms with E-state index >= 15 is 0 Å². The highest BCUT2D eigenvalue weighted by atomic mass is 16.3. The maximum atomic E-state index is 6.53. The number of benzene rings is 8. The molecule has 5 heteroatoms. The third kappa shape index (κ3) is 5.37. The molecule has 3 heterocycles. The number of hydrogen-bond donors (Lipinski definition) is 0.